The topological polar surface area (TPSA) is 172 Å². The van der Waals surface area contributed by atoms with Gasteiger partial charge in [-0.15, -0.1) is 0 Å². The fraction of sp³-hybridized carbons (Fsp3) is 0.394. The zero-order valence-electron chi connectivity index (χ0n) is 114. The number of hydrogen-bond acceptors (Lipinski definition) is 15. The number of amides is 3. The van der Waals surface area contributed by atoms with Crippen LogP contribution in [0.5, 0.6) is 0 Å². The van der Waals surface area contributed by atoms with E-state index >= 15 is 0 Å². The molecule has 0 radical (unpaired) electrons. The Bertz CT molecular complexity index is 7830. The van der Waals surface area contributed by atoms with E-state index in [1.165, 1.54) is 59.5 Å². The number of benzene rings is 9. The Balaban J connectivity index is 0.000000180. The molecule has 0 aromatic heterocycles. The predicted molar refractivity (Wildman–Crippen MR) is 470 cm³/mol. The summed E-state index contributed by atoms with van der Waals surface area (Å²) in [5.41, 5.74) is -3.16. The van der Waals surface area contributed by atoms with E-state index < -0.39 is 320 Å². The van der Waals surface area contributed by atoms with Crippen LogP contribution in [-0.2, 0) is 72.2 Å². The average Bonchev–Trinajstić information content (AvgIpc) is 0.677. The number of carbonyl (C=O) groups excluding carboxylic acids is 3. The van der Waals surface area contributed by atoms with E-state index in [1.807, 2.05) is 0 Å². The van der Waals surface area contributed by atoms with Crippen LogP contribution >= 0.6 is 0 Å². The number of anilines is 3. The van der Waals surface area contributed by atoms with Crippen LogP contribution in [0.4, 0.5) is 43.4 Å². The lowest BCUT2D eigenvalue weighted by atomic mass is 9.89. The number of carbonyl (C=O) groups is 3. The normalized spacial score (nSPS) is 30.0. The first kappa shape index (κ1) is 44.6. The van der Waals surface area contributed by atoms with Crippen molar-refractivity contribution in [2.24, 2.45) is 32.7 Å². The van der Waals surface area contributed by atoms with Gasteiger partial charge in [0.05, 0.1) is 59.4 Å². The Labute approximate surface area is 785 Å². The second-order valence-electron chi connectivity index (χ2n) is 29.0. The van der Waals surface area contributed by atoms with Crippen LogP contribution in [0.1, 0.15) is 220 Å². The lowest BCUT2D eigenvalue weighted by Crippen LogP contribution is -2.44. The molecule has 0 atom stereocenters. The lowest BCUT2D eigenvalue weighted by molar-refractivity contribution is 0.0663. The smallest absolute Gasteiger partial charge is 0.257 e. The van der Waals surface area contributed by atoms with Gasteiger partial charge in [0.15, 0.2) is 0 Å². The maximum absolute atomic E-state index is 14.3. The molecule has 9 aromatic rings. The number of piperazine rings is 3. The van der Waals surface area contributed by atoms with Crippen LogP contribution in [0.15, 0.2) is 179 Å². The van der Waals surface area contributed by atoms with Gasteiger partial charge in [0.25, 0.3) is 17.7 Å². The number of nitrogens with zero attached hydrogens (tertiary/aromatic N) is 9. The van der Waals surface area contributed by atoms with Crippen molar-refractivity contribution in [3.8, 4) is 0 Å². The van der Waals surface area contributed by atoms with Crippen LogP contribution in [0.2, 0.25) is 0 Å². The first-order valence-electron chi connectivity index (χ1n) is 63.0. The number of nitrogens with one attached hydrogen (secondary N) is 3. The van der Waals surface area contributed by atoms with E-state index in [-0.39, 0.29) is 165 Å². The highest BCUT2D eigenvalue weighted by Crippen LogP contribution is 2.34. The second kappa shape index (κ2) is 39.8. The SMILES string of the molecule is [2H]c1cc(C(=O)NC2=NCc3ccc(C([2H])([2H])c4cc(F)c([2H])c(F)c4)cc32)c(CC2CC([2H])([2H])OC([2H])([2H])C2)c([2H])c1N1C([2H])([2H])C([2H])([2H])N(C([2H])([2H])[2H])C([2H])([2H])C1([2H])[2H].[2H]c1cc(C(=O)NC2=NCc3ccc(C([2H])([2H])c4cc(F)c([2H])c(F)c4)cc32)c(CC2CC([2H])([2H])OC([2H])([2H])C2)c([2H])c1N1C([2H])([2H])C([2H])([2H])N(C)C([2H])([2H])C1([2H])[2H].[2H]c1cc(C(=O)NC2=NCc3ccc(C([2H])([2H])c4cc(F)c([2H])c(F)c4)cc32)c(CC2CC([2H])([2H])OC([2H])([2H])C2)c([2H])c1N1CCN(C([2H])([2H])[2H])CC1. The largest absolute Gasteiger partial charge is 0.381 e. The van der Waals surface area contributed by atoms with Gasteiger partial charge >= 0.3 is 0 Å². The number of hydrogen-bond donors (Lipinski definition) is 3. The van der Waals surface area contributed by atoms with Gasteiger partial charge in [-0.2, -0.15) is 0 Å². The van der Waals surface area contributed by atoms with Crippen molar-refractivity contribution in [2.75, 3.05) is 153 Å². The molecular weight excluding hydrogens is 1570 g/mol. The molecule has 6 saturated heterocycles. The zero-order valence-corrected chi connectivity index (χ0v) is 65.2. The third-order valence-corrected chi connectivity index (χ3v) is 20.3. The Morgan fingerprint density at radius 1 is 0.390 bits per heavy atom. The Morgan fingerprint density at radius 2 is 0.691 bits per heavy atom. The van der Waals surface area contributed by atoms with Gasteiger partial charge in [-0.25, -0.2) is 26.3 Å². The van der Waals surface area contributed by atoms with Crippen molar-refractivity contribution in [3.05, 3.63) is 299 Å². The Hall–Kier alpha value is -10.9. The van der Waals surface area contributed by atoms with Crippen LogP contribution in [0, 0.1) is 52.7 Å². The van der Waals surface area contributed by atoms with Crippen molar-refractivity contribution >= 4 is 52.3 Å². The third kappa shape index (κ3) is 22.2. The van der Waals surface area contributed by atoms with Crippen LogP contribution < -0.4 is 30.7 Å². The van der Waals surface area contributed by atoms with Crippen molar-refractivity contribution < 1.29 is 122 Å². The predicted octanol–water partition coefficient (Wildman–Crippen LogP) is 14.9. The highest BCUT2D eigenvalue weighted by molar-refractivity contribution is 6.16. The zero-order chi connectivity index (χ0) is 128. The van der Waals surface area contributed by atoms with Gasteiger partial charge in [-0.3, -0.25) is 29.4 Å². The lowest BCUT2D eigenvalue weighted by Gasteiger charge is -2.34. The highest BCUT2D eigenvalue weighted by Gasteiger charge is 2.31. The van der Waals surface area contributed by atoms with Gasteiger partial charge in [0.2, 0.25) is 0 Å². The van der Waals surface area contributed by atoms with Crippen LogP contribution in [0.25, 0.3) is 0 Å². The van der Waals surface area contributed by atoms with E-state index in [0.717, 1.165) is 31.3 Å². The second-order valence-corrected chi connectivity index (χ2v) is 29.0. The van der Waals surface area contributed by atoms with Crippen molar-refractivity contribution in [1.29, 1.82) is 0 Å². The van der Waals surface area contributed by atoms with Crippen molar-refractivity contribution in [1.82, 2.24) is 30.7 Å². The minimum Gasteiger partial charge on any atom is -0.381 e. The molecule has 9 aromatic carbocycles. The summed E-state index contributed by atoms with van der Waals surface area (Å²) < 4.78 is 511. The van der Waals surface area contributed by atoms with E-state index in [0.29, 0.717) is 46.5 Å². The van der Waals surface area contributed by atoms with Crippen LogP contribution in [0.3, 0.4) is 0 Å². The molecule has 18 nitrogen and oxygen atoms in total. The number of ether oxygens (including phenoxy) is 3. The molecule has 9 aliphatic rings. The van der Waals surface area contributed by atoms with E-state index in [2.05, 4.69) is 30.9 Å². The highest BCUT2D eigenvalue weighted by atomic mass is 19.2. The molecule has 0 unspecified atom stereocenters. The Kier molecular flexibility index (Phi) is 14.4. The van der Waals surface area contributed by atoms with Gasteiger partial charge in [0, 0.05) is 213 Å². The van der Waals surface area contributed by atoms with Crippen molar-refractivity contribution in [2.45, 2.75) is 96.5 Å². The molecule has 0 aliphatic carbocycles. The summed E-state index contributed by atoms with van der Waals surface area (Å²) in [4.78, 5) is 58.1. The molecule has 9 heterocycles. The summed E-state index contributed by atoms with van der Waals surface area (Å²) in [6, 6.07) is 12.1. The summed E-state index contributed by atoms with van der Waals surface area (Å²) in [6.45, 7) is -49.4. The summed E-state index contributed by atoms with van der Waals surface area (Å²) in [6.07, 6.45) is -11.2. The quantitative estimate of drug-likeness (QED) is 0.0696. The molecule has 18 rings (SSSR count). The van der Waals surface area contributed by atoms with Gasteiger partial charge in [0.1, 0.15) is 52.4 Å². The first-order valence-corrected chi connectivity index (χ1v) is 38.5. The monoisotopic (exact) mass is 1720 g/mol. The molecule has 123 heavy (non-hydrogen) atoms. The minimum absolute atomic E-state index is 0.00907. The van der Waals surface area contributed by atoms with Gasteiger partial charge in [-0.05, 0) is 291 Å². The standard InChI is InChI=1S/3C33H36F2N4O2/c3*1-38-8-10-39(11-9-38)29-4-5-30(26(19-29)15-22-6-12-41-13-7-22)33(40)37-32-31-18-23(2-3-25(31)21-36-32)14-24-16-27(34)20-28(35)17-24/h3*2-5,16-20,22H,6-15,21H2,1H3,(H,36,37,40)/i1D3,4D,8D2,9D2,10D2,11D2,12D2,13D2,14D2,19D,20D;4D,8D2,9D2,10D2,11D2,12D2,13D2,14D2,19D,20D;1D3,4D,12D2,13D2,14D2,19D,20D. The molecule has 0 saturated carbocycles. The van der Waals surface area contributed by atoms with E-state index in [9.17, 15) is 44.8 Å². The number of rotatable bonds is 18. The van der Waals surface area contributed by atoms with Crippen molar-refractivity contribution in [3.63, 3.8) is 0 Å². The number of aliphatic imine (C=N–C) groups is 3. The number of halogens is 6. The fourth-order valence-corrected chi connectivity index (χ4v) is 14.1. The number of fused-ring (bicyclic) bond motifs is 3. The number of amidine groups is 3. The average molecular weight is 1730 g/mol. The third-order valence-electron chi connectivity index (χ3n) is 20.3. The summed E-state index contributed by atoms with van der Waals surface area (Å²) in [5, 5.41) is 7.74. The van der Waals surface area contributed by atoms with Crippen LogP contribution in [-0.4, -0.2) is 188 Å². The maximum atomic E-state index is 14.3. The fourth-order valence-electron chi connectivity index (χ4n) is 14.1. The van der Waals surface area contributed by atoms with E-state index in [1.54, 1.807) is 11.0 Å². The molecular formula is C99H108F6N12O6. The molecule has 642 valence electrons. The number of likely N-dealkylation sites (N-methyl/N-ethyl adjacent to an activating group) is 3. The van der Waals surface area contributed by atoms with Gasteiger partial charge < -0.3 is 59.6 Å². The van der Waals surface area contributed by atoms with E-state index in [4.69, 9.17) is 77.3 Å². The maximum Gasteiger partial charge on any atom is 0.257 e. The molecule has 0 bridgehead atoms. The summed E-state index contributed by atoms with van der Waals surface area (Å²) in [5.74, 6) is -13.8. The Morgan fingerprint density at radius 3 is 1.00 bits per heavy atom. The molecule has 3 N–H and O–H groups in total. The first-order chi connectivity index (χ1) is 78.5. The minimum atomic E-state index is -3.90. The molecule has 0 spiro atoms. The van der Waals surface area contributed by atoms with Gasteiger partial charge in [-0.1, -0.05) is 36.4 Å². The molecule has 24 heteroatoms. The summed E-state index contributed by atoms with van der Waals surface area (Å²) >= 11 is 0. The summed E-state index contributed by atoms with van der Waals surface area (Å²) in [7, 11) is 0.832. The molecule has 9 aliphatic heterocycles. The molecule has 3 amide bonds. The molecule has 6 fully saturated rings.